The van der Waals surface area contributed by atoms with E-state index in [1.165, 1.54) is 0 Å². The second-order valence-corrected chi connectivity index (χ2v) is 9.81. The van der Waals surface area contributed by atoms with E-state index in [1.54, 1.807) is 11.0 Å². The van der Waals surface area contributed by atoms with Gasteiger partial charge in [0.1, 0.15) is 5.69 Å². The van der Waals surface area contributed by atoms with E-state index >= 15 is 0 Å². The van der Waals surface area contributed by atoms with Crippen molar-refractivity contribution >= 4 is 28.4 Å². The van der Waals surface area contributed by atoms with Crippen LogP contribution in [0, 0.1) is 30.3 Å². The van der Waals surface area contributed by atoms with Crippen LogP contribution in [0.1, 0.15) is 41.4 Å². The highest BCUT2D eigenvalue weighted by atomic mass is 19.2. The number of rotatable bonds is 5. The van der Waals surface area contributed by atoms with Crippen LogP contribution in [-0.4, -0.2) is 44.6 Å². The van der Waals surface area contributed by atoms with Crippen molar-refractivity contribution in [3.63, 3.8) is 0 Å². The topological polar surface area (TPSA) is 83.0 Å². The Bertz CT molecular complexity index is 1530. The minimum Gasteiger partial charge on any atom is -0.351 e. The molecule has 1 saturated carbocycles. The molecule has 1 atom stereocenters. The van der Waals surface area contributed by atoms with Gasteiger partial charge in [0, 0.05) is 47.6 Å². The zero-order chi connectivity index (χ0) is 25.8. The van der Waals surface area contributed by atoms with Crippen molar-refractivity contribution in [3.05, 3.63) is 71.3 Å². The summed E-state index contributed by atoms with van der Waals surface area (Å²) >= 11 is 0. The minimum absolute atomic E-state index is 0.163. The van der Waals surface area contributed by atoms with Crippen molar-refractivity contribution in [2.24, 2.45) is 5.92 Å². The summed E-state index contributed by atoms with van der Waals surface area (Å²) in [6, 6.07) is 9.74. The molecule has 2 N–H and O–H groups in total. The first-order valence-electron chi connectivity index (χ1n) is 12.2. The van der Waals surface area contributed by atoms with Crippen molar-refractivity contribution in [2.45, 2.75) is 32.2 Å². The second-order valence-electron chi connectivity index (χ2n) is 9.81. The molecule has 4 aromatic rings. The van der Waals surface area contributed by atoms with Gasteiger partial charge in [0.2, 0.25) is 5.91 Å². The van der Waals surface area contributed by atoms with Gasteiger partial charge in [-0.05, 0) is 56.0 Å². The summed E-state index contributed by atoms with van der Waals surface area (Å²) in [6.07, 6.45) is 4.58. The third kappa shape index (κ3) is 4.26. The van der Waals surface area contributed by atoms with Gasteiger partial charge < -0.3 is 15.2 Å². The molecule has 2 aliphatic rings. The lowest BCUT2D eigenvalue weighted by atomic mass is 10.0. The van der Waals surface area contributed by atoms with Crippen LogP contribution >= 0.6 is 0 Å². The number of anilines is 1. The number of benzene rings is 2. The van der Waals surface area contributed by atoms with E-state index in [0.717, 1.165) is 52.7 Å². The van der Waals surface area contributed by atoms with Crippen LogP contribution in [0.15, 0.2) is 42.6 Å². The van der Waals surface area contributed by atoms with Crippen LogP contribution in [0.2, 0.25) is 0 Å². The first-order chi connectivity index (χ1) is 17.8. The van der Waals surface area contributed by atoms with E-state index in [9.17, 15) is 22.8 Å². The number of aromatic nitrogens is 3. The fourth-order valence-electron chi connectivity index (χ4n) is 4.98. The van der Waals surface area contributed by atoms with Gasteiger partial charge in [0.15, 0.2) is 17.5 Å². The number of hydrogen-bond acceptors (Lipinski definition) is 3. The zero-order valence-electron chi connectivity index (χ0n) is 20.0. The molecule has 2 aromatic heterocycles. The summed E-state index contributed by atoms with van der Waals surface area (Å²) in [7, 11) is 0. The predicted octanol–water partition coefficient (Wildman–Crippen LogP) is 5.19. The zero-order valence-corrected chi connectivity index (χ0v) is 20.0. The van der Waals surface area contributed by atoms with Gasteiger partial charge in [-0.3, -0.25) is 14.3 Å². The molecule has 2 amide bonds. The average molecular weight is 508 g/mol. The molecule has 2 fully saturated rings. The normalized spacial score (nSPS) is 17.5. The van der Waals surface area contributed by atoms with Crippen LogP contribution in [0.3, 0.4) is 0 Å². The molecule has 3 heterocycles. The lowest BCUT2D eigenvalue weighted by Crippen LogP contribution is -2.31. The van der Waals surface area contributed by atoms with Crippen molar-refractivity contribution in [2.75, 3.05) is 18.4 Å². The summed E-state index contributed by atoms with van der Waals surface area (Å²) in [6.45, 7) is 2.56. The van der Waals surface area contributed by atoms with Crippen molar-refractivity contribution in [1.82, 2.24) is 19.7 Å². The van der Waals surface area contributed by atoms with E-state index in [-0.39, 0.29) is 18.1 Å². The van der Waals surface area contributed by atoms with Crippen molar-refractivity contribution in [1.29, 1.82) is 0 Å². The quantitative estimate of drug-likeness (QED) is 0.365. The molecule has 190 valence electrons. The van der Waals surface area contributed by atoms with Crippen molar-refractivity contribution < 1.29 is 22.8 Å². The Morgan fingerprint density at radius 3 is 2.54 bits per heavy atom. The maximum atomic E-state index is 13.5. The fraction of sp³-hybridized carbons (Fsp3) is 0.296. The number of likely N-dealkylation sites (tertiary alicyclic amines) is 1. The molecule has 7 nitrogen and oxygen atoms in total. The van der Waals surface area contributed by atoms with Gasteiger partial charge in [0.05, 0.1) is 23.7 Å². The number of aryl methyl sites for hydroxylation is 1. The van der Waals surface area contributed by atoms with Gasteiger partial charge in [-0.25, -0.2) is 13.2 Å². The highest BCUT2D eigenvalue weighted by molar-refractivity contribution is 5.97. The van der Waals surface area contributed by atoms with E-state index < -0.39 is 29.3 Å². The van der Waals surface area contributed by atoms with E-state index in [2.05, 4.69) is 32.2 Å². The number of carbonyl (C=O) groups is 2. The summed E-state index contributed by atoms with van der Waals surface area (Å²) in [5.41, 5.74) is 4.22. The summed E-state index contributed by atoms with van der Waals surface area (Å²) in [4.78, 5) is 30.5. The van der Waals surface area contributed by atoms with E-state index in [1.807, 2.05) is 19.2 Å². The molecule has 10 heteroatoms. The highest BCUT2D eigenvalue weighted by Gasteiger charge is 2.32. The Kier molecular flexibility index (Phi) is 5.54. The van der Waals surface area contributed by atoms with Crippen molar-refractivity contribution in [3.8, 4) is 11.3 Å². The van der Waals surface area contributed by atoms with Crippen LogP contribution < -0.4 is 5.32 Å². The molecule has 37 heavy (non-hydrogen) atoms. The standard InChI is InChI=1S/C27H24F3N5O2/c1-14-8-24-16(12-31-35(24)18-2-3-18)9-19(14)22-4-5-23(33-22)27(37)34-7-6-15(13-34)26(36)32-17-10-20(28)25(30)21(29)11-17/h4-5,8-12,15,18,33H,2-3,6-7,13H2,1H3,(H,32,36)/t15-/m0/s1. The molecule has 0 bridgehead atoms. The molecule has 0 spiro atoms. The molecule has 1 aliphatic carbocycles. The summed E-state index contributed by atoms with van der Waals surface area (Å²) in [5.74, 6) is -5.63. The first-order valence-corrected chi connectivity index (χ1v) is 12.2. The average Bonchev–Trinajstić information content (AvgIpc) is 3.25. The van der Waals surface area contributed by atoms with Gasteiger partial charge in [-0.15, -0.1) is 0 Å². The molecule has 1 saturated heterocycles. The molecule has 6 rings (SSSR count). The SMILES string of the molecule is Cc1cc2c(cnn2C2CC2)cc1-c1ccc(C(=O)N2CC[C@H](C(=O)Nc3cc(F)c(F)c(F)c3)C2)[nH]1. The van der Waals surface area contributed by atoms with Gasteiger partial charge in [0.25, 0.3) is 5.91 Å². The number of nitrogens with zero attached hydrogens (tertiary/aromatic N) is 3. The van der Waals surface area contributed by atoms with Crippen LogP contribution in [0.4, 0.5) is 18.9 Å². The number of halogens is 3. The van der Waals surface area contributed by atoms with Gasteiger partial charge >= 0.3 is 0 Å². The van der Waals surface area contributed by atoms with Crippen LogP contribution in [0.25, 0.3) is 22.2 Å². The molecular formula is C27H24F3N5O2. The number of H-pyrrole nitrogens is 1. The minimum atomic E-state index is -1.59. The maximum absolute atomic E-state index is 13.5. The molecule has 1 aliphatic heterocycles. The highest BCUT2D eigenvalue weighted by Crippen LogP contribution is 2.38. The first kappa shape index (κ1) is 23.3. The Hall–Kier alpha value is -4.08. The van der Waals surface area contributed by atoms with E-state index in [0.29, 0.717) is 24.7 Å². The van der Waals surface area contributed by atoms with E-state index in [4.69, 9.17) is 0 Å². The molecule has 2 aromatic carbocycles. The Morgan fingerprint density at radius 2 is 1.81 bits per heavy atom. The third-order valence-corrected chi connectivity index (χ3v) is 7.14. The lowest BCUT2D eigenvalue weighted by Gasteiger charge is -2.16. The van der Waals surface area contributed by atoms with Crippen LogP contribution in [-0.2, 0) is 4.79 Å². The Morgan fingerprint density at radius 1 is 1.05 bits per heavy atom. The smallest absolute Gasteiger partial charge is 0.270 e. The van der Waals surface area contributed by atoms with Gasteiger partial charge in [-0.1, -0.05) is 0 Å². The third-order valence-electron chi connectivity index (χ3n) is 7.14. The number of nitrogens with one attached hydrogen (secondary N) is 2. The Labute approximate surface area is 210 Å². The predicted molar refractivity (Wildman–Crippen MR) is 131 cm³/mol. The number of hydrogen-bond donors (Lipinski definition) is 2. The maximum Gasteiger partial charge on any atom is 0.270 e. The van der Waals surface area contributed by atoms with Crippen LogP contribution in [0.5, 0.6) is 0 Å². The summed E-state index contributed by atoms with van der Waals surface area (Å²) < 4.78 is 42.2. The lowest BCUT2D eigenvalue weighted by molar-refractivity contribution is -0.119. The number of carbonyl (C=O) groups excluding carboxylic acids is 2. The fourth-order valence-corrected chi connectivity index (χ4v) is 4.98. The molecular weight excluding hydrogens is 483 g/mol. The number of amides is 2. The molecule has 0 unspecified atom stereocenters. The monoisotopic (exact) mass is 507 g/mol. The number of aromatic amines is 1. The largest absolute Gasteiger partial charge is 0.351 e. The molecule has 0 radical (unpaired) electrons. The number of fused-ring (bicyclic) bond motifs is 1. The Balaban J connectivity index is 1.14. The van der Waals surface area contributed by atoms with Gasteiger partial charge in [-0.2, -0.15) is 5.10 Å². The summed E-state index contributed by atoms with van der Waals surface area (Å²) in [5, 5.41) is 8.00. The second kappa shape index (κ2) is 8.79.